The van der Waals surface area contributed by atoms with Crippen LogP contribution in [0.15, 0.2) is 35.1 Å². The first kappa shape index (κ1) is 19.3. The van der Waals surface area contributed by atoms with E-state index in [1.165, 1.54) is 0 Å². The Bertz CT molecular complexity index is 1370. The Labute approximate surface area is 182 Å². The van der Waals surface area contributed by atoms with Crippen LogP contribution in [0.25, 0.3) is 33.3 Å². The number of rotatable bonds is 4. The first-order valence-electron chi connectivity index (χ1n) is 10.6. The molecule has 0 bridgehead atoms. The van der Waals surface area contributed by atoms with Crippen molar-refractivity contribution in [2.75, 3.05) is 18.5 Å². The summed E-state index contributed by atoms with van der Waals surface area (Å²) in [6.07, 6.45) is 7.33. The van der Waals surface area contributed by atoms with Gasteiger partial charge in [0, 0.05) is 47.8 Å². The summed E-state index contributed by atoms with van der Waals surface area (Å²) in [6, 6.07) is 3.57. The first-order chi connectivity index (χ1) is 15.5. The highest BCUT2D eigenvalue weighted by Gasteiger charge is 2.36. The van der Waals surface area contributed by atoms with Gasteiger partial charge < -0.3 is 19.6 Å². The number of oxazole rings is 1. The molecule has 4 aromatic heterocycles. The van der Waals surface area contributed by atoms with Gasteiger partial charge >= 0.3 is 0 Å². The molecule has 1 atom stereocenters. The van der Waals surface area contributed by atoms with Crippen molar-refractivity contribution in [1.82, 2.24) is 19.9 Å². The molecule has 0 aromatic carbocycles. The molecule has 2 aliphatic rings. The van der Waals surface area contributed by atoms with Crippen molar-refractivity contribution in [3.63, 3.8) is 0 Å². The number of aromatic nitrogens is 4. The lowest BCUT2D eigenvalue weighted by Gasteiger charge is -2.18. The molecular weight excluding hydrogens is 410 g/mol. The highest BCUT2D eigenvalue weighted by molar-refractivity contribution is 6.00. The number of anilines is 1. The van der Waals surface area contributed by atoms with E-state index < -0.39 is 5.60 Å². The molecule has 1 aliphatic heterocycles. The Morgan fingerprint density at radius 2 is 2.03 bits per heavy atom. The highest BCUT2D eigenvalue weighted by Crippen LogP contribution is 2.35. The zero-order valence-corrected chi connectivity index (χ0v) is 17.5. The molecule has 6 rings (SSSR count). The molecule has 9 heteroatoms. The lowest BCUT2D eigenvalue weighted by atomic mass is 9.98. The van der Waals surface area contributed by atoms with E-state index in [1.807, 2.05) is 13.0 Å². The minimum Gasteiger partial charge on any atom is -0.434 e. The normalized spacial score (nSPS) is 20.8. The number of hydrogen-bond acceptors (Lipinski definition) is 8. The number of nitrogens with zero attached hydrogens (tertiary/aromatic N) is 4. The molecule has 1 saturated carbocycles. The number of aryl methyl sites for hydroxylation is 1. The van der Waals surface area contributed by atoms with Gasteiger partial charge in [-0.3, -0.25) is 14.8 Å². The fraction of sp³-hybridized carbons (Fsp3) is 0.348. The van der Waals surface area contributed by atoms with E-state index in [1.54, 1.807) is 24.7 Å². The second-order valence-corrected chi connectivity index (χ2v) is 8.53. The van der Waals surface area contributed by atoms with Crippen LogP contribution in [0.1, 0.15) is 30.7 Å². The third-order valence-corrected chi connectivity index (χ3v) is 6.15. The fourth-order valence-electron chi connectivity index (χ4n) is 4.04. The highest BCUT2D eigenvalue weighted by atomic mass is 16.5. The number of ether oxygens (including phenoxy) is 1. The van der Waals surface area contributed by atoms with E-state index >= 15 is 0 Å². The maximum atomic E-state index is 12.2. The van der Waals surface area contributed by atoms with Gasteiger partial charge in [0.05, 0.1) is 24.1 Å². The Kier molecular flexibility index (Phi) is 4.24. The third kappa shape index (κ3) is 3.21. The lowest BCUT2D eigenvalue weighted by molar-refractivity contribution is -0.117. The van der Waals surface area contributed by atoms with Crippen molar-refractivity contribution < 1.29 is 19.1 Å². The molecule has 5 heterocycles. The summed E-state index contributed by atoms with van der Waals surface area (Å²) in [7, 11) is 0. The molecule has 0 radical (unpaired) electrons. The molecule has 1 saturated heterocycles. The smallest absolute Gasteiger partial charge is 0.229 e. The van der Waals surface area contributed by atoms with Crippen molar-refractivity contribution in [3.8, 4) is 11.5 Å². The van der Waals surface area contributed by atoms with Crippen LogP contribution in [-0.2, 0) is 15.1 Å². The predicted molar refractivity (Wildman–Crippen MR) is 116 cm³/mol. The van der Waals surface area contributed by atoms with E-state index in [4.69, 9.17) is 9.15 Å². The van der Waals surface area contributed by atoms with Crippen molar-refractivity contribution in [2.24, 2.45) is 5.92 Å². The van der Waals surface area contributed by atoms with E-state index in [9.17, 15) is 9.90 Å². The van der Waals surface area contributed by atoms with Crippen LogP contribution >= 0.6 is 0 Å². The van der Waals surface area contributed by atoms with E-state index in [0.717, 1.165) is 29.3 Å². The Morgan fingerprint density at radius 3 is 2.81 bits per heavy atom. The maximum Gasteiger partial charge on any atom is 0.229 e. The van der Waals surface area contributed by atoms with Crippen LogP contribution in [0.3, 0.4) is 0 Å². The minimum atomic E-state index is -1.11. The van der Waals surface area contributed by atoms with Crippen molar-refractivity contribution >= 4 is 33.6 Å². The molecule has 1 aliphatic carbocycles. The number of nitrogens with one attached hydrogen (secondary N) is 1. The summed E-state index contributed by atoms with van der Waals surface area (Å²) in [5.74, 6) is 0.963. The number of fused-ring (bicyclic) bond motifs is 2. The summed E-state index contributed by atoms with van der Waals surface area (Å²) in [4.78, 5) is 30.1. The standard InChI is InChI=1S/C23H21N5O4/c1-12-15-8-26-20(28-21(29)13-2-3-13)6-14(15)16(9-24-12)22-27-17-7-19(25-10-18(17)32-22)23(30)4-5-31-11-23/h6-10,13,30H,2-5,11H2,1H3,(H,26,28,29)/t23-/m0/s1. The van der Waals surface area contributed by atoms with Gasteiger partial charge in [-0.25, -0.2) is 9.97 Å². The molecule has 32 heavy (non-hydrogen) atoms. The maximum absolute atomic E-state index is 12.2. The van der Waals surface area contributed by atoms with Crippen LogP contribution in [0.4, 0.5) is 5.82 Å². The number of carbonyl (C=O) groups excluding carboxylic acids is 1. The van der Waals surface area contributed by atoms with Crippen LogP contribution < -0.4 is 5.32 Å². The number of aliphatic hydroxyl groups is 1. The summed E-state index contributed by atoms with van der Waals surface area (Å²) >= 11 is 0. The molecule has 0 unspecified atom stereocenters. The molecular formula is C23H21N5O4. The SMILES string of the molecule is Cc1ncc(-c2nc3cc([C@]4(O)CCOC4)ncc3o2)c2cc(NC(=O)C3CC3)ncc12. The van der Waals surface area contributed by atoms with Crippen molar-refractivity contribution in [1.29, 1.82) is 0 Å². The zero-order chi connectivity index (χ0) is 21.9. The zero-order valence-electron chi connectivity index (χ0n) is 17.5. The fourth-order valence-corrected chi connectivity index (χ4v) is 4.04. The van der Waals surface area contributed by atoms with Crippen molar-refractivity contribution in [2.45, 2.75) is 31.8 Å². The van der Waals surface area contributed by atoms with Crippen LogP contribution in [-0.4, -0.2) is 44.2 Å². The van der Waals surface area contributed by atoms with Gasteiger partial charge in [0.1, 0.15) is 16.9 Å². The Morgan fingerprint density at radius 1 is 1.16 bits per heavy atom. The quantitative estimate of drug-likeness (QED) is 0.505. The Balaban J connectivity index is 1.43. The lowest BCUT2D eigenvalue weighted by Crippen LogP contribution is -2.26. The van der Waals surface area contributed by atoms with Gasteiger partial charge in [0.2, 0.25) is 11.8 Å². The molecule has 2 fully saturated rings. The largest absolute Gasteiger partial charge is 0.434 e. The number of carbonyl (C=O) groups is 1. The molecule has 2 N–H and O–H groups in total. The van der Waals surface area contributed by atoms with Gasteiger partial charge in [-0.1, -0.05) is 0 Å². The summed E-state index contributed by atoms with van der Waals surface area (Å²) in [5.41, 5.74) is 2.02. The van der Waals surface area contributed by atoms with E-state index in [2.05, 4.69) is 25.3 Å². The predicted octanol–water partition coefficient (Wildman–Crippen LogP) is 3.10. The van der Waals surface area contributed by atoms with Gasteiger partial charge in [-0.05, 0) is 31.9 Å². The van der Waals surface area contributed by atoms with Crippen LogP contribution in [0.5, 0.6) is 0 Å². The summed E-state index contributed by atoms with van der Waals surface area (Å²) in [6.45, 7) is 2.61. The molecule has 4 aromatic rings. The molecule has 0 spiro atoms. The first-order valence-corrected chi connectivity index (χ1v) is 10.6. The number of hydrogen-bond donors (Lipinski definition) is 2. The average molecular weight is 431 g/mol. The van der Waals surface area contributed by atoms with E-state index in [0.29, 0.717) is 47.1 Å². The average Bonchev–Trinajstić information content (AvgIpc) is 3.41. The second-order valence-electron chi connectivity index (χ2n) is 8.53. The number of amides is 1. The third-order valence-electron chi connectivity index (χ3n) is 6.15. The van der Waals surface area contributed by atoms with Crippen LogP contribution in [0, 0.1) is 12.8 Å². The topological polar surface area (TPSA) is 123 Å². The van der Waals surface area contributed by atoms with Gasteiger partial charge in [0.15, 0.2) is 5.58 Å². The number of pyridine rings is 3. The molecule has 9 nitrogen and oxygen atoms in total. The molecule has 1 amide bonds. The van der Waals surface area contributed by atoms with Crippen molar-refractivity contribution in [3.05, 3.63) is 42.1 Å². The Hall–Kier alpha value is -3.43. The minimum absolute atomic E-state index is 0.00142. The summed E-state index contributed by atoms with van der Waals surface area (Å²) in [5, 5.41) is 15.3. The summed E-state index contributed by atoms with van der Waals surface area (Å²) < 4.78 is 11.3. The van der Waals surface area contributed by atoms with E-state index in [-0.39, 0.29) is 18.4 Å². The second kappa shape index (κ2) is 7.04. The monoisotopic (exact) mass is 431 g/mol. The van der Waals surface area contributed by atoms with Gasteiger partial charge in [-0.2, -0.15) is 0 Å². The van der Waals surface area contributed by atoms with Gasteiger partial charge in [-0.15, -0.1) is 0 Å². The van der Waals surface area contributed by atoms with Gasteiger partial charge in [0.25, 0.3) is 0 Å². The van der Waals surface area contributed by atoms with Crippen LogP contribution in [0.2, 0.25) is 0 Å². The molecule has 162 valence electrons.